The molecule has 1 saturated heterocycles. The van der Waals surface area contributed by atoms with Crippen LogP contribution in [0.4, 0.5) is 17.2 Å². The summed E-state index contributed by atoms with van der Waals surface area (Å²) < 4.78 is 0. The van der Waals surface area contributed by atoms with E-state index in [2.05, 4.69) is 40.1 Å². The second-order valence-electron chi connectivity index (χ2n) is 6.42. The van der Waals surface area contributed by atoms with E-state index in [0.29, 0.717) is 6.04 Å². The molecule has 1 aromatic carbocycles. The molecule has 1 aromatic heterocycles. The number of para-hydroxylation sites is 1. The van der Waals surface area contributed by atoms with Crippen LogP contribution in [0.2, 0.25) is 0 Å². The van der Waals surface area contributed by atoms with Crippen molar-refractivity contribution in [3.8, 4) is 0 Å². The minimum atomic E-state index is 0.345. The van der Waals surface area contributed by atoms with Crippen molar-refractivity contribution in [3.63, 3.8) is 0 Å². The number of nitrogen functional groups attached to an aromatic ring is 1. The van der Waals surface area contributed by atoms with Crippen molar-refractivity contribution in [3.05, 3.63) is 48.2 Å². The van der Waals surface area contributed by atoms with Gasteiger partial charge in [-0.15, -0.1) is 0 Å². The van der Waals surface area contributed by atoms with Gasteiger partial charge in [0.1, 0.15) is 0 Å². The van der Waals surface area contributed by atoms with Crippen LogP contribution < -0.4 is 11.1 Å². The van der Waals surface area contributed by atoms with Crippen LogP contribution in [-0.2, 0) is 0 Å². The molecule has 0 amide bonds. The third-order valence-corrected chi connectivity index (χ3v) is 4.78. The van der Waals surface area contributed by atoms with Crippen molar-refractivity contribution in [2.45, 2.75) is 19.4 Å². The number of nitrogens with one attached hydrogen (secondary N) is 1. The molecule has 1 aliphatic heterocycles. The van der Waals surface area contributed by atoms with E-state index in [4.69, 9.17) is 5.73 Å². The maximum absolute atomic E-state index is 6.48. The average molecular weight is 325 g/mol. The van der Waals surface area contributed by atoms with Gasteiger partial charge in [-0.1, -0.05) is 25.1 Å². The van der Waals surface area contributed by atoms with Crippen LogP contribution in [-0.4, -0.2) is 48.0 Å². The van der Waals surface area contributed by atoms with Crippen molar-refractivity contribution >= 4 is 17.2 Å². The molecule has 3 N–H and O–H groups in total. The van der Waals surface area contributed by atoms with E-state index in [-0.39, 0.29) is 0 Å². The molecule has 1 unspecified atom stereocenters. The fourth-order valence-electron chi connectivity index (χ4n) is 3.34. The highest BCUT2D eigenvalue weighted by atomic mass is 15.3. The Balaban J connectivity index is 1.83. The third-order valence-electron chi connectivity index (χ3n) is 4.78. The van der Waals surface area contributed by atoms with E-state index in [1.807, 2.05) is 36.5 Å². The molecule has 5 heteroatoms. The molecule has 24 heavy (non-hydrogen) atoms. The first-order valence-corrected chi connectivity index (χ1v) is 8.68. The van der Waals surface area contributed by atoms with Gasteiger partial charge >= 0.3 is 0 Å². The van der Waals surface area contributed by atoms with Crippen LogP contribution in [0, 0.1) is 0 Å². The number of aromatic nitrogens is 1. The first-order valence-electron chi connectivity index (χ1n) is 8.68. The van der Waals surface area contributed by atoms with Gasteiger partial charge in [0.2, 0.25) is 0 Å². The van der Waals surface area contributed by atoms with Crippen LogP contribution in [0.15, 0.2) is 42.6 Å². The van der Waals surface area contributed by atoms with Gasteiger partial charge in [0, 0.05) is 44.1 Å². The fourth-order valence-corrected chi connectivity index (χ4v) is 3.34. The predicted molar refractivity (Wildman–Crippen MR) is 100 cm³/mol. The summed E-state index contributed by atoms with van der Waals surface area (Å²) in [5, 5.41) is 3.34. The fraction of sp³-hybridized carbons (Fsp3) is 0.421. The van der Waals surface area contributed by atoms with E-state index in [1.165, 1.54) is 5.56 Å². The van der Waals surface area contributed by atoms with Gasteiger partial charge < -0.3 is 16.0 Å². The van der Waals surface area contributed by atoms with Crippen LogP contribution in [0.25, 0.3) is 0 Å². The van der Waals surface area contributed by atoms with Crippen molar-refractivity contribution in [1.29, 1.82) is 0 Å². The number of benzene rings is 1. The van der Waals surface area contributed by atoms with E-state index in [0.717, 1.165) is 49.8 Å². The highest BCUT2D eigenvalue weighted by molar-refractivity contribution is 5.71. The number of hydrogen-bond donors (Lipinski definition) is 2. The molecule has 0 bridgehead atoms. The second kappa shape index (κ2) is 7.64. The standard InChI is InChI=1S/C19H27N5/c1-3-17(24-13-11-23(2)12-14-24)16-9-10-21-19(18(16)20)22-15-7-5-4-6-8-15/h4-10,17H,3,11-14,20H2,1-2H3,(H,21,22). The van der Waals surface area contributed by atoms with Gasteiger partial charge in [0.15, 0.2) is 5.82 Å². The van der Waals surface area contributed by atoms with Gasteiger partial charge in [-0.05, 0) is 37.2 Å². The van der Waals surface area contributed by atoms with Gasteiger partial charge in [-0.3, -0.25) is 4.90 Å². The van der Waals surface area contributed by atoms with E-state index in [9.17, 15) is 0 Å². The normalized spacial score (nSPS) is 17.6. The number of anilines is 3. The Labute approximate surface area is 144 Å². The van der Waals surface area contributed by atoms with Gasteiger partial charge in [-0.25, -0.2) is 4.98 Å². The summed E-state index contributed by atoms with van der Waals surface area (Å²) in [5.74, 6) is 0.742. The maximum Gasteiger partial charge on any atom is 0.153 e. The maximum atomic E-state index is 6.48. The first-order chi connectivity index (χ1) is 11.7. The molecule has 0 saturated carbocycles. The number of rotatable bonds is 5. The van der Waals surface area contributed by atoms with Crippen LogP contribution in [0.5, 0.6) is 0 Å². The smallest absolute Gasteiger partial charge is 0.153 e. The lowest BCUT2D eigenvalue weighted by molar-refractivity contribution is 0.109. The molecular formula is C19H27N5. The number of nitrogens with two attached hydrogens (primary N) is 1. The largest absolute Gasteiger partial charge is 0.395 e. The van der Waals surface area contributed by atoms with E-state index < -0.39 is 0 Å². The Hall–Kier alpha value is -2.11. The summed E-state index contributed by atoms with van der Waals surface area (Å²) in [6.45, 7) is 6.61. The van der Waals surface area contributed by atoms with Crippen LogP contribution in [0.1, 0.15) is 24.9 Å². The lowest BCUT2D eigenvalue weighted by atomic mass is 10.0. The molecule has 0 spiro atoms. The molecule has 1 aliphatic rings. The van der Waals surface area contributed by atoms with E-state index >= 15 is 0 Å². The zero-order valence-electron chi connectivity index (χ0n) is 14.6. The van der Waals surface area contributed by atoms with Gasteiger partial charge in [0.05, 0.1) is 5.69 Å². The summed E-state index contributed by atoms with van der Waals surface area (Å²) in [6, 6.07) is 12.5. The Kier molecular flexibility index (Phi) is 5.33. The van der Waals surface area contributed by atoms with Crippen molar-refractivity contribution in [1.82, 2.24) is 14.8 Å². The highest BCUT2D eigenvalue weighted by Gasteiger charge is 2.25. The average Bonchev–Trinajstić information content (AvgIpc) is 2.61. The summed E-state index contributed by atoms with van der Waals surface area (Å²) in [5.41, 5.74) is 9.41. The topological polar surface area (TPSA) is 57.4 Å². The minimum absolute atomic E-state index is 0.345. The number of piperazine rings is 1. The zero-order valence-corrected chi connectivity index (χ0v) is 14.6. The first kappa shape index (κ1) is 16.7. The SMILES string of the molecule is CCC(c1ccnc(Nc2ccccc2)c1N)N1CCN(C)CC1. The quantitative estimate of drug-likeness (QED) is 0.884. The number of pyridine rings is 1. The molecule has 3 rings (SSSR count). The molecule has 2 heterocycles. The molecule has 1 fully saturated rings. The van der Waals surface area contributed by atoms with Crippen molar-refractivity contribution < 1.29 is 0 Å². The highest BCUT2D eigenvalue weighted by Crippen LogP contribution is 2.33. The molecule has 128 valence electrons. The zero-order chi connectivity index (χ0) is 16.9. The van der Waals surface area contributed by atoms with Gasteiger partial charge in [-0.2, -0.15) is 0 Å². The van der Waals surface area contributed by atoms with Gasteiger partial charge in [0.25, 0.3) is 0 Å². The molecule has 5 nitrogen and oxygen atoms in total. The minimum Gasteiger partial charge on any atom is -0.395 e. The van der Waals surface area contributed by atoms with E-state index in [1.54, 1.807) is 0 Å². The summed E-state index contributed by atoms with van der Waals surface area (Å²) >= 11 is 0. The summed E-state index contributed by atoms with van der Waals surface area (Å²) in [4.78, 5) is 9.36. The van der Waals surface area contributed by atoms with Crippen LogP contribution >= 0.6 is 0 Å². The van der Waals surface area contributed by atoms with Crippen LogP contribution in [0.3, 0.4) is 0 Å². The monoisotopic (exact) mass is 325 g/mol. The van der Waals surface area contributed by atoms with Crippen molar-refractivity contribution in [2.24, 2.45) is 0 Å². The Bertz CT molecular complexity index is 650. The lowest BCUT2D eigenvalue weighted by Crippen LogP contribution is -2.46. The Morgan fingerprint density at radius 2 is 1.83 bits per heavy atom. The second-order valence-corrected chi connectivity index (χ2v) is 6.42. The molecule has 0 radical (unpaired) electrons. The number of hydrogen-bond acceptors (Lipinski definition) is 5. The summed E-state index contributed by atoms with van der Waals surface area (Å²) in [6.07, 6.45) is 2.90. The molecular weight excluding hydrogens is 298 g/mol. The molecule has 1 atom stereocenters. The number of likely N-dealkylation sites (N-methyl/N-ethyl adjacent to an activating group) is 1. The Morgan fingerprint density at radius 1 is 1.12 bits per heavy atom. The summed E-state index contributed by atoms with van der Waals surface area (Å²) in [7, 11) is 2.18. The molecule has 0 aliphatic carbocycles. The Morgan fingerprint density at radius 3 is 2.50 bits per heavy atom. The lowest BCUT2D eigenvalue weighted by Gasteiger charge is -2.38. The predicted octanol–water partition coefficient (Wildman–Crippen LogP) is 3.11. The number of nitrogens with zero attached hydrogens (tertiary/aromatic N) is 3. The molecule has 2 aromatic rings. The third kappa shape index (κ3) is 3.68. The van der Waals surface area contributed by atoms with Crippen molar-refractivity contribution in [2.75, 3.05) is 44.3 Å².